The molecule has 3 amide bonds. The normalized spacial score (nSPS) is 18.4. The first-order valence-corrected chi connectivity index (χ1v) is 26.2. The highest BCUT2D eigenvalue weighted by Crippen LogP contribution is 2.32. The zero-order chi connectivity index (χ0) is 52.2. The Hall–Kier alpha value is -6.33. The molecule has 0 radical (unpaired) electrons. The van der Waals surface area contributed by atoms with E-state index in [0.29, 0.717) is 62.1 Å². The first-order valence-electron chi connectivity index (χ1n) is 25.3. The summed E-state index contributed by atoms with van der Waals surface area (Å²) in [7, 11) is 0. The maximum atomic E-state index is 14.0. The molecule has 0 spiro atoms. The molecule has 1 unspecified atom stereocenters. The second-order valence-corrected chi connectivity index (χ2v) is 20.7. The number of aromatic amines is 1. The summed E-state index contributed by atoms with van der Waals surface area (Å²) >= 11 is 1.57. The third-order valence-corrected chi connectivity index (χ3v) is 14.4. The summed E-state index contributed by atoms with van der Waals surface area (Å²) in [5, 5.41) is 24.6. The minimum absolute atomic E-state index is 0.0206. The zero-order valence-electron chi connectivity index (χ0n) is 42.6. The quantitative estimate of drug-likeness (QED) is 0.0394. The van der Waals surface area contributed by atoms with Crippen LogP contribution in [-0.4, -0.2) is 142 Å². The van der Waals surface area contributed by atoms with Crippen molar-refractivity contribution >= 4 is 68.2 Å². The van der Waals surface area contributed by atoms with Gasteiger partial charge in [-0.2, -0.15) is 0 Å². The van der Waals surface area contributed by atoms with Gasteiger partial charge in [0.1, 0.15) is 35.7 Å². The number of fused-ring (bicyclic) bond motifs is 2. The number of nitrogens with two attached hydrogens (primary N) is 1. The van der Waals surface area contributed by atoms with Crippen molar-refractivity contribution in [1.29, 1.82) is 0 Å². The molecule has 5 heterocycles. The van der Waals surface area contributed by atoms with Crippen LogP contribution in [0.25, 0.3) is 32.2 Å². The lowest BCUT2D eigenvalue weighted by Crippen LogP contribution is -2.58. The molecule has 8 rings (SSSR count). The average Bonchev–Trinajstić information content (AvgIpc) is 4.12. The second-order valence-electron chi connectivity index (χ2n) is 19.9. The number of nitrogens with one attached hydrogen (secondary N) is 5. The van der Waals surface area contributed by atoms with Crippen LogP contribution < -0.4 is 32.6 Å². The number of carbonyl (C=O) groups excluding carboxylic acids is 3. The van der Waals surface area contributed by atoms with E-state index in [9.17, 15) is 24.3 Å². The van der Waals surface area contributed by atoms with E-state index >= 15 is 0 Å². The Morgan fingerprint density at radius 3 is 2.39 bits per heavy atom. The van der Waals surface area contributed by atoms with Gasteiger partial charge in [0.25, 0.3) is 5.56 Å². The van der Waals surface area contributed by atoms with Crippen LogP contribution in [0, 0.1) is 12.3 Å². The Morgan fingerprint density at radius 1 is 0.946 bits per heavy atom. The number of aryl methyl sites for hydroxylation is 1. The van der Waals surface area contributed by atoms with Crippen LogP contribution in [0.2, 0.25) is 0 Å². The molecule has 74 heavy (non-hydrogen) atoms. The predicted molar refractivity (Wildman–Crippen MR) is 284 cm³/mol. The number of hydrogen-bond acceptors (Lipinski definition) is 16. The van der Waals surface area contributed by atoms with Crippen molar-refractivity contribution in [2.75, 3.05) is 70.0 Å². The van der Waals surface area contributed by atoms with Gasteiger partial charge in [-0.3, -0.25) is 19.2 Å². The lowest BCUT2D eigenvalue weighted by atomic mass is 9.85. The maximum absolute atomic E-state index is 14.0. The van der Waals surface area contributed by atoms with Crippen molar-refractivity contribution in [3.05, 3.63) is 94.2 Å². The van der Waals surface area contributed by atoms with E-state index in [-0.39, 0.29) is 62.9 Å². The van der Waals surface area contributed by atoms with Crippen molar-refractivity contribution in [3.8, 4) is 10.4 Å². The zero-order valence-corrected chi connectivity index (χ0v) is 43.4. The number of hydrogen-bond donors (Lipinski definition) is 7. The fraction of sp³-hybridized carbons (Fsp3) is 0.491. The number of benzene rings is 2. The van der Waals surface area contributed by atoms with E-state index in [1.807, 2.05) is 87.9 Å². The molecular formula is C53H69N11O9S. The highest BCUT2D eigenvalue weighted by molar-refractivity contribution is 7.13. The number of likely N-dealkylation sites (tertiary alicyclic amines) is 1. The predicted octanol–water partition coefficient (Wildman–Crippen LogP) is 5.01. The van der Waals surface area contributed by atoms with Crippen LogP contribution in [0.4, 0.5) is 17.3 Å². The molecular weight excluding hydrogens is 967 g/mol. The molecule has 6 aromatic rings. The van der Waals surface area contributed by atoms with Gasteiger partial charge in [0.2, 0.25) is 17.7 Å². The Morgan fingerprint density at radius 2 is 1.68 bits per heavy atom. The van der Waals surface area contributed by atoms with Crippen molar-refractivity contribution in [2.24, 2.45) is 11.1 Å². The first-order chi connectivity index (χ1) is 35.7. The van der Waals surface area contributed by atoms with Crippen molar-refractivity contribution < 1.29 is 38.4 Å². The number of carbonyl (C=O) groups is 3. The molecule has 2 aliphatic rings. The molecule has 8 N–H and O–H groups in total. The second kappa shape index (κ2) is 25.3. The molecule has 4 aromatic heterocycles. The van der Waals surface area contributed by atoms with E-state index in [4.69, 9.17) is 29.7 Å². The van der Waals surface area contributed by atoms with Gasteiger partial charge in [0.15, 0.2) is 0 Å². The fourth-order valence-electron chi connectivity index (χ4n) is 9.41. The first kappa shape index (κ1) is 53.9. The van der Waals surface area contributed by atoms with Crippen molar-refractivity contribution in [3.63, 3.8) is 0 Å². The number of aliphatic hydroxyl groups is 1. The molecule has 1 aliphatic carbocycles. The van der Waals surface area contributed by atoms with E-state index in [1.165, 1.54) is 11.2 Å². The van der Waals surface area contributed by atoms with Crippen molar-refractivity contribution in [1.82, 2.24) is 40.0 Å². The topological polar surface area (TPSA) is 262 Å². The van der Waals surface area contributed by atoms with Gasteiger partial charge < -0.3 is 65.5 Å². The number of H-pyrrole nitrogens is 1. The number of ether oxygens (including phenoxy) is 4. The standard InChI is InChI=1S/C53H69N11O9S/c1-33-47(74-32-58-33)35-14-12-34(13-15-35)28-55-50(67)43-26-36(65)29-64(43)52(69)48(53(2,3)4)62-45(66)30-73-25-24-72-23-22-71-21-20-70-19-18-63-17-16-37-39(10-7-11-42(37)63)60-49-46-41(56-31-57-51(46)68)27-44(61-49)59-40-9-6-5-8-38(40)54/h7,10-17,27,31-32,36,38,40,43,48,65H,5-6,8-9,18-26,28-30,54H2,1-4H3,(H,55,67)(H,62,66)(H,56,57,68)(H2,59,60,61)/t36-,38+,40-,43+,48?/m1/s1. The number of β-amino-alcohol motifs (C(OH)–C–C–N with tert-alkyl or cyclic N) is 1. The van der Waals surface area contributed by atoms with E-state index in [2.05, 4.69) is 40.8 Å². The number of nitrogens with zero attached hydrogens (tertiary/aromatic N) is 5. The van der Waals surface area contributed by atoms with Crippen LogP contribution in [0.5, 0.6) is 0 Å². The van der Waals surface area contributed by atoms with Gasteiger partial charge in [-0.05, 0) is 54.5 Å². The van der Waals surface area contributed by atoms with Crippen molar-refractivity contribution in [2.45, 2.75) is 103 Å². The summed E-state index contributed by atoms with van der Waals surface area (Å²) in [6, 6.07) is 15.9. The number of thiazole rings is 1. The van der Waals surface area contributed by atoms with Gasteiger partial charge in [0, 0.05) is 61.5 Å². The van der Waals surface area contributed by atoms with E-state index in [0.717, 1.165) is 64.0 Å². The highest BCUT2D eigenvalue weighted by atomic mass is 32.1. The molecule has 20 nitrogen and oxygen atoms in total. The summed E-state index contributed by atoms with van der Waals surface area (Å²) < 4.78 is 24.8. The summed E-state index contributed by atoms with van der Waals surface area (Å²) in [6.07, 6.45) is 6.74. The maximum Gasteiger partial charge on any atom is 0.262 e. The molecule has 2 aromatic carbocycles. The minimum atomic E-state index is -0.971. The van der Waals surface area contributed by atoms with Crippen LogP contribution in [0.15, 0.2) is 77.4 Å². The average molecular weight is 1040 g/mol. The molecule has 1 saturated heterocycles. The van der Waals surface area contributed by atoms with Gasteiger partial charge in [-0.25, -0.2) is 15.0 Å². The highest BCUT2D eigenvalue weighted by Gasteiger charge is 2.44. The van der Waals surface area contributed by atoms with Crippen LogP contribution >= 0.6 is 11.3 Å². The monoisotopic (exact) mass is 1040 g/mol. The molecule has 396 valence electrons. The number of rotatable bonds is 24. The minimum Gasteiger partial charge on any atom is -0.391 e. The largest absolute Gasteiger partial charge is 0.391 e. The Labute approximate surface area is 434 Å². The van der Waals surface area contributed by atoms with Crippen LogP contribution in [-0.2, 0) is 46.4 Å². The number of amides is 3. The van der Waals surface area contributed by atoms with Gasteiger partial charge in [-0.15, -0.1) is 11.3 Å². The molecule has 0 bridgehead atoms. The summed E-state index contributed by atoms with van der Waals surface area (Å²) in [5.41, 5.74) is 12.5. The number of aliphatic hydroxyl groups excluding tert-OH is 1. The van der Waals surface area contributed by atoms with Gasteiger partial charge in [0.05, 0.1) is 85.8 Å². The summed E-state index contributed by atoms with van der Waals surface area (Å²) in [5.74, 6) is -0.287. The Balaban J connectivity index is 0.704. The number of aromatic nitrogens is 5. The van der Waals surface area contributed by atoms with Gasteiger partial charge in [-0.1, -0.05) is 63.9 Å². The fourth-order valence-corrected chi connectivity index (χ4v) is 10.2. The van der Waals surface area contributed by atoms with Crippen LogP contribution in [0.3, 0.4) is 0 Å². The molecule has 21 heteroatoms. The summed E-state index contributed by atoms with van der Waals surface area (Å²) in [6.45, 7) is 10.3. The lowest BCUT2D eigenvalue weighted by molar-refractivity contribution is -0.144. The number of anilines is 3. The van der Waals surface area contributed by atoms with E-state index in [1.54, 1.807) is 17.4 Å². The number of pyridine rings is 1. The molecule has 1 saturated carbocycles. The molecule has 1 aliphatic heterocycles. The smallest absolute Gasteiger partial charge is 0.262 e. The lowest BCUT2D eigenvalue weighted by Gasteiger charge is -2.35. The Bertz CT molecular complexity index is 2900. The summed E-state index contributed by atoms with van der Waals surface area (Å²) in [4.78, 5) is 72.2. The van der Waals surface area contributed by atoms with Gasteiger partial charge >= 0.3 is 0 Å². The Kier molecular flexibility index (Phi) is 18.4. The SMILES string of the molecule is Cc1ncsc1-c1ccc(CNC(=O)[C@@H]2C[C@@H](O)CN2C(=O)C(NC(=O)COCCOCCOCCOCCn2ccc3c(Nc4nc(N[C@@H]5CCCC[C@@H]5N)cc5nc[nH]c(=O)c45)cccc32)C(C)(C)C)cc1. The third kappa shape index (κ3) is 13.9. The van der Waals surface area contributed by atoms with Crippen LogP contribution in [0.1, 0.15) is 64.1 Å². The third-order valence-electron chi connectivity index (χ3n) is 13.4. The molecule has 5 atom stereocenters. The van der Waals surface area contributed by atoms with E-state index < -0.39 is 35.4 Å². The molecule has 2 fully saturated rings.